The van der Waals surface area contributed by atoms with E-state index in [0.717, 1.165) is 29.5 Å². The molecule has 0 saturated heterocycles. The van der Waals surface area contributed by atoms with Crippen LogP contribution in [0.25, 0.3) is 0 Å². The predicted molar refractivity (Wildman–Crippen MR) is 81.2 cm³/mol. The van der Waals surface area contributed by atoms with Crippen LogP contribution in [0.4, 0.5) is 0 Å². The van der Waals surface area contributed by atoms with Gasteiger partial charge in [-0.2, -0.15) is 0 Å². The Labute approximate surface area is 125 Å². The van der Waals surface area contributed by atoms with Crippen LogP contribution in [0.15, 0.2) is 12.4 Å². The minimum Gasteiger partial charge on any atom is -0.335 e. The van der Waals surface area contributed by atoms with Crippen LogP contribution in [0.2, 0.25) is 5.15 Å². The number of nitrogens with zero attached hydrogens (tertiary/aromatic N) is 4. The van der Waals surface area contributed by atoms with Crippen molar-refractivity contribution < 1.29 is 0 Å². The number of hydrogen-bond donors (Lipinski definition) is 0. The maximum Gasteiger partial charge on any atom is 0.135 e. The minimum atomic E-state index is -0.119. The second kappa shape index (κ2) is 5.52. The van der Waals surface area contributed by atoms with E-state index in [2.05, 4.69) is 42.2 Å². The number of rotatable bonds is 3. The van der Waals surface area contributed by atoms with E-state index in [-0.39, 0.29) is 5.41 Å². The van der Waals surface area contributed by atoms with E-state index in [0.29, 0.717) is 11.6 Å². The van der Waals surface area contributed by atoms with Gasteiger partial charge in [-0.05, 0) is 13.8 Å². The van der Waals surface area contributed by atoms with Crippen molar-refractivity contribution in [3.63, 3.8) is 0 Å². The molecule has 0 aromatic carbocycles. The highest BCUT2D eigenvalue weighted by Gasteiger charge is 2.21. The monoisotopic (exact) mass is 292 g/mol. The summed E-state index contributed by atoms with van der Waals surface area (Å²) in [5, 5.41) is 0.537. The number of aryl methyl sites for hydroxylation is 1. The normalized spacial score (nSPS) is 11.9. The van der Waals surface area contributed by atoms with E-state index in [9.17, 15) is 0 Å². The minimum absolute atomic E-state index is 0.119. The van der Waals surface area contributed by atoms with Gasteiger partial charge in [0.25, 0.3) is 0 Å². The molecular formula is C15H21ClN4. The summed E-state index contributed by atoms with van der Waals surface area (Å²) in [6.45, 7) is 11.2. The summed E-state index contributed by atoms with van der Waals surface area (Å²) in [5.74, 6) is 1.78. The van der Waals surface area contributed by atoms with Gasteiger partial charge in [0.05, 0.1) is 5.69 Å². The van der Waals surface area contributed by atoms with Crippen LogP contribution < -0.4 is 0 Å². The van der Waals surface area contributed by atoms with Crippen molar-refractivity contribution in [1.82, 2.24) is 19.5 Å². The van der Waals surface area contributed by atoms with Crippen LogP contribution in [0.1, 0.15) is 50.6 Å². The maximum atomic E-state index is 6.26. The second-order valence-electron chi connectivity index (χ2n) is 5.97. The van der Waals surface area contributed by atoms with Gasteiger partial charge in [0, 0.05) is 36.3 Å². The Kier molecular flexibility index (Phi) is 4.14. The van der Waals surface area contributed by atoms with Gasteiger partial charge in [-0.3, -0.25) is 0 Å². The van der Waals surface area contributed by atoms with Gasteiger partial charge >= 0.3 is 0 Å². The molecule has 0 spiro atoms. The lowest BCUT2D eigenvalue weighted by Gasteiger charge is -2.19. The van der Waals surface area contributed by atoms with Crippen molar-refractivity contribution in [2.45, 2.75) is 53.0 Å². The summed E-state index contributed by atoms with van der Waals surface area (Å²) in [5.41, 5.74) is 1.77. The first-order chi connectivity index (χ1) is 9.32. The molecule has 5 heteroatoms. The van der Waals surface area contributed by atoms with Crippen LogP contribution in [0.3, 0.4) is 0 Å². The third-order valence-corrected chi connectivity index (χ3v) is 3.69. The van der Waals surface area contributed by atoms with E-state index in [1.165, 1.54) is 0 Å². The molecule has 0 aliphatic carbocycles. The van der Waals surface area contributed by atoms with E-state index in [1.807, 2.05) is 19.3 Å². The zero-order valence-electron chi connectivity index (χ0n) is 12.7. The van der Waals surface area contributed by atoms with Crippen LogP contribution in [-0.2, 0) is 18.4 Å². The average molecular weight is 293 g/mol. The Balaban J connectivity index is 2.43. The Hall–Kier alpha value is -1.42. The third-order valence-electron chi connectivity index (χ3n) is 3.33. The highest BCUT2D eigenvalue weighted by molar-refractivity contribution is 6.30. The maximum absolute atomic E-state index is 6.26. The summed E-state index contributed by atoms with van der Waals surface area (Å²) in [7, 11) is 0. The fourth-order valence-electron chi connectivity index (χ4n) is 1.99. The van der Waals surface area contributed by atoms with Gasteiger partial charge in [-0.15, -0.1) is 0 Å². The van der Waals surface area contributed by atoms with Crippen molar-refractivity contribution in [3.05, 3.63) is 40.5 Å². The SMILES string of the molecule is CCn1ccnc1Cc1nc(C(C)(C)C)nc(Cl)c1C. The zero-order chi connectivity index (χ0) is 14.9. The highest BCUT2D eigenvalue weighted by Crippen LogP contribution is 2.24. The van der Waals surface area contributed by atoms with Gasteiger partial charge in [0.2, 0.25) is 0 Å². The fourth-order valence-corrected chi connectivity index (χ4v) is 2.17. The van der Waals surface area contributed by atoms with Crippen molar-refractivity contribution in [1.29, 1.82) is 0 Å². The fraction of sp³-hybridized carbons (Fsp3) is 0.533. The van der Waals surface area contributed by atoms with Crippen molar-refractivity contribution >= 4 is 11.6 Å². The van der Waals surface area contributed by atoms with Crippen molar-refractivity contribution in [3.8, 4) is 0 Å². The molecule has 0 amide bonds. The quantitative estimate of drug-likeness (QED) is 0.813. The van der Waals surface area contributed by atoms with E-state index >= 15 is 0 Å². The molecule has 20 heavy (non-hydrogen) atoms. The molecule has 2 rings (SSSR count). The first kappa shape index (κ1) is 15.0. The van der Waals surface area contributed by atoms with Gasteiger partial charge in [0.1, 0.15) is 16.8 Å². The van der Waals surface area contributed by atoms with Crippen molar-refractivity contribution in [2.24, 2.45) is 0 Å². The molecule has 0 fully saturated rings. The molecule has 0 bridgehead atoms. The van der Waals surface area contributed by atoms with Crippen LogP contribution in [0.5, 0.6) is 0 Å². The number of hydrogen-bond acceptors (Lipinski definition) is 3. The zero-order valence-corrected chi connectivity index (χ0v) is 13.5. The molecule has 2 aromatic rings. The Morgan fingerprint density at radius 3 is 2.55 bits per heavy atom. The van der Waals surface area contributed by atoms with Gasteiger partial charge < -0.3 is 4.57 Å². The molecule has 0 saturated carbocycles. The van der Waals surface area contributed by atoms with Gasteiger partial charge in [0.15, 0.2) is 0 Å². The summed E-state index contributed by atoms with van der Waals surface area (Å²) in [6, 6.07) is 0. The summed E-state index contributed by atoms with van der Waals surface area (Å²) in [6.07, 6.45) is 4.48. The second-order valence-corrected chi connectivity index (χ2v) is 6.32. The summed E-state index contributed by atoms with van der Waals surface area (Å²) in [4.78, 5) is 13.5. The molecule has 0 aliphatic heterocycles. The molecule has 0 atom stereocenters. The topological polar surface area (TPSA) is 43.6 Å². The lowest BCUT2D eigenvalue weighted by molar-refractivity contribution is 0.540. The largest absolute Gasteiger partial charge is 0.335 e. The van der Waals surface area contributed by atoms with E-state index < -0.39 is 0 Å². The Morgan fingerprint density at radius 1 is 1.25 bits per heavy atom. The first-order valence-electron chi connectivity index (χ1n) is 6.86. The Morgan fingerprint density at radius 2 is 1.95 bits per heavy atom. The molecular weight excluding hydrogens is 272 g/mol. The van der Waals surface area contributed by atoms with Crippen LogP contribution in [0, 0.1) is 6.92 Å². The predicted octanol–water partition coefficient (Wildman–Crippen LogP) is 3.54. The molecule has 0 N–H and O–H groups in total. The molecule has 4 nitrogen and oxygen atoms in total. The molecule has 0 aliphatic rings. The number of aromatic nitrogens is 4. The molecule has 2 aromatic heterocycles. The third kappa shape index (κ3) is 3.01. The molecule has 2 heterocycles. The van der Waals surface area contributed by atoms with Crippen LogP contribution >= 0.6 is 11.6 Å². The lowest BCUT2D eigenvalue weighted by atomic mass is 9.95. The summed E-state index contributed by atoms with van der Waals surface area (Å²) < 4.78 is 2.12. The van der Waals surface area contributed by atoms with Crippen LogP contribution in [-0.4, -0.2) is 19.5 Å². The van der Waals surface area contributed by atoms with Gasteiger partial charge in [-0.25, -0.2) is 15.0 Å². The smallest absolute Gasteiger partial charge is 0.135 e. The lowest BCUT2D eigenvalue weighted by Crippen LogP contribution is -2.18. The first-order valence-corrected chi connectivity index (χ1v) is 7.24. The Bertz CT molecular complexity index is 611. The molecule has 108 valence electrons. The average Bonchev–Trinajstić information content (AvgIpc) is 2.80. The van der Waals surface area contributed by atoms with Crippen molar-refractivity contribution in [2.75, 3.05) is 0 Å². The van der Waals surface area contributed by atoms with E-state index in [1.54, 1.807) is 0 Å². The van der Waals surface area contributed by atoms with Gasteiger partial charge in [-0.1, -0.05) is 32.4 Å². The molecule has 0 radical (unpaired) electrons. The number of imidazole rings is 1. The number of halogens is 1. The standard InChI is InChI=1S/C15H21ClN4/c1-6-20-8-7-17-12(20)9-11-10(2)13(16)19-14(18-11)15(3,4)5/h7-8H,6,9H2,1-5H3. The highest BCUT2D eigenvalue weighted by atomic mass is 35.5. The summed E-state index contributed by atoms with van der Waals surface area (Å²) >= 11 is 6.26. The van der Waals surface area contributed by atoms with E-state index in [4.69, 9.17) is 16.6 Å². The molecule has 0 unspecified atom stereocenters.